The van der Waals surface area contributed by atoms with Crippen LogP contribution in [0.1, 0.15) is 87.0 Å². The van der Waals surface area contributed by atoms with Crippen molar-refractivity contribution >= 4 is 0 Å². The largest absolute Gasteiger partial charge is 0.0651 e. The van der Waals surface area contributed by atoms with E-state index >= 15 is 0 Å². The average Bonchev–Trinajstić information content (AvgIpc) is 2.14. The van der Waals surface area contributed by atoms with Gasteiger partial charge in [0.1, 0.15) is 0 Å². The maximum Gasteiger partial charge on any atom is -0.0354 e. The van der Waals surface area contributed by atoms with Crippen LogP contribution < -0.4 is 0 Å². The highest BCUT2D eigenvalue weighted by atomic mass is 14.3. The molecule has 0 saturated heterocycles. The molecule has 0 aromatic heterocycles. The average molecular weight is 226 g/mol. The second kappa shape index (κ2) is 6.67. The maximum atomic E-state index is 2.42. The first-order valence-corrected chi connectivity index (χ1v) is 7.20. The van der Waals surface area contributed by atoms with Gasteiger partial charge in [0.15, 0.2) is 0 Å². The summed E-state index contributed by atoms with van der Waals surface area (Å²) in [6.07, 6.45) is 8.27. The van der Waals surface area contributed by atoms with Crippen LogP contribution in [0.15, 0.2) is 0 Å². The van der Waals surface area contributed by atoms with Crippen LogP contribution in [-0.2, 0) is 0 Å². The van der Waals surface area contributed by atoms with Gasteiger partial charge in [-0.3, -0.25) is 0 Å². The van der Waals surface area contributed by atoms with Crippen LogP contribution in [0.2, 0.25) is 0 Å². The first-order chi connectivity index (χ1) is 7.20. The fourth-order valence-corrected chi connectivity index (χ4v) is 2.30. The van der Waals surface area contributed by atoms with Crippen molar-refractivity contribution in [1.82, 2.24) is 0 Å². The van der Waals surface area contributed by atoms with Gasteiger partial charge in [-0.2, -0.15) is 0 Å². The summed E-state index contributed by atoms with van der Waals surface area (Å²) < 4.78 is 0. The monoisotopic (exact) mass is 226 g/mol. The molecule has 0 heterocycles. The van der Waals surface area contributed by atoms with Crippen LogP contribution >= 0.6 is 0 Å². The van der Waals surface area contributed by atoms with Crippen molar-refractivity contribution in [3.05, 3.63) is 0 Å². The van der Waals surface area contributed by atoms with Crippen molar-refractivity contribution in [3.8, 4) is 0 Å². The molecule has 0 N–H and O–H groups in total. The molecule has 98 valence electrons. The normalized spacial score (nSPS) is 15.2. The molecule has 1 unspecified atom stereocenters. The molecule has 0 aliphatic rings. The highest BCUT2D eigenvalue weighted by Gasteiger charge is 2.21. The zero-order chi connectivity index (χ0) is 12.8. The lowest BCUT2D eigenvalue weighted by molar-refractivity contribution is 0.232. The van der Waals surface area contributed by atoms with E-state index in [2.05, 4.69) is 48.5 Å². The van der Waals surface area contributed by atoms with Gasteiger partial charge in [0.2, 0.25) is 0 Å². The molecule has 0 aromatic rings. The van der Waals surface area contributed by atoms with E-state index in [0.717, 1.165) is 5.92 Å². The third kappa shape index (κ3) is 8.19. The zero-order valence-electron chi connectivity index (χ0n) is 12.8. The van der Waals surface area contributed by atoms with E-state index < -0.39 is 0 Å². The molecule has 0 heteroatoms. The van der Waals surface area contributed by atoms with Gasteiger partial charge in [0.05, 0.1) is 0 Å². The Hall–Kier alpha value is 0. The molecule has 0 saturated carbocycles. The fraction of sp³-hybridized carbons (Fsp3) is 1.00. The van der Waals surface area contributed by atoms with Crippen LogP contribution in [0, 0.1) is 16.7 Å². The summed E-state index contributed by atoms with van der Waals surface area (Å²) in [5, 5.41) is 0. The predicted octanol–water partition coefficient (Wildman–Crippen LogP) is 6.06. The topological polar surface area (TPSA) is 0 Å². The van der Waals surface area contributed by atoms with E-state index in [-0.39, 0.29) is 0 Å². The van der Waals surface area contributed by atoms with E-state index in [4.69, 9.17) is 0 Å². The van der Waals surface area contributed by atoms with E-state index in [9.17, 15) is 0 Å². The van der Waals surface area contributed by atoms with Crippen molar-refractivity contribution in [2.24, 2.45) is 16.7 Å². The lowest BCUT2D eigenvalue weighted by atomic mass is 9.77. The Morgan fingerprint density at radius 3 is 1.88 bits per heavy atom. The smallest absolute Gasteiger partial charge is 0.0354 e. The third-order valence-electron chi connectivity index (χ3n) is 3.91. The van der Waals surface area contributed by atoms with Gasteiger partial charge in [-0.1, -0.05) is 74.1 Å². The van der Waals surface area contributed by atoms with Crippen LogP contribution in [0.4, 0.5) is 0 Å². The van der Waals surface area contributed by atoms with Gasteiger partial charge in [0.25, 0.3) is 0 Å². The van der Waals surface area contributed by atoms with E-state index in [1.165, 1.54) is 38.5 Å². The van der Waals surface area contributed by atoms with Gasteiger partial charge >= 0.3 is 0 Å². The van der Waals surface area contributed by atoms with E-state index in [1.54, 1.807) is 0 Å². The first-order valence-electron chi connectivity index (χ1n) is 7.20. The number of hydrogen-bond acceptors (Lipinski definition) is 0. The first kappa shape index (κ1) is 16.0. The summed E-state index contributed by atoms with van der Waals surface area (Å²) >= 11 is 0. The lowest BCUT2D eigenvalue weighted by Gasteiger charge is -2.29. The predicted molar refractivity (Wildman–Crippen MR) is 75.8 cm³/mol. The molecule has 0 amide bonds. The Labute approximate surface area is 104 Å². The van der Waals surface area contributed by atoms with Gasteiger partial charge in [-0.15, -0.1) is 0 Å². The van der Waals surface area contributed by atoms with Crippen molar-refractivity contribution in [3.63, 3.8) is 0 Å². The minimum Gasteiger partial charge on any atom is -0.0651 e. The Balaban J connectivity index is 3.93. The van der Waals surface area contributed by atoms with Crippen LogP contribution in [0.25, 0.3) is 0 Å². The second-order valence-corrected chi connectivity index (χ2v) is 7.45. The molecule has 0 spiro atoms. The van der Waals surface area contributed by atoms with Crippen molar-refractivity contribution in [2.75, 3.05) is 0 Å². The fourth-order valence-electron chi connectivity index (χ4n) is 2.30. The standard InChI is InChI=1S/C16H34/c1-8-14(13-16(6,7)9-2)11-10-12-15(3,4)5/h14H,8-13H2,1-7H3. The van der Waals surface area contributed by atoms with E-state index in [1.807, 2.05) is 0 Å². The molecular weight excluding hydrogens is 192 g/mol. The van der Waals surface area contributed by atoms with E-state index in [0.29, 0.717) is 10.8 Å². The molecule has 0 aliphatic heterocycles. The molecule has 0 fully saturated rings. The van der Waals surface area contributed by atoms with Crippen molar-refractivity contribution in [1.29, 1.82) is 0 Å². The van der Waals surface area contributed by atoms with Gasteiger partial charge < -0.3 is 0 Å². The molecule has 16 heavy (non-hydrogen) atoms. The Morgan fingerprint density at radius 2 is 1.50 bits per heavy atom. The summed E-state index contributed by atoms with van der Waals surface area (Å²) in [4.78, 5) is 0. The molecule has 0 aliphatic carbocycles. The third-order valence-corrected chi connectivity index (χ3v) is 3.91. The molecule has 0 radical (unpaired) electrons. The molecule has 0 nitrogen and oxygen atoms in total. The molecule has 1 atom stereocenters. The Morgan fingerprint density at radius 1 is 0.938 bits per heavy atom. The van der Waals surface area contributed by atoms with Crippen LogP contribution in [0.3, 0.4) is 0 Å². The van der Waals surface area contributed by atoms with Gasteiger partial charge in [0, 0.05) is 0 Å². The summed E-state index contributed by atoms with van der Waals surface area (Å²) in [7, 11) is 0. The highest BCUT2D eigenvalue weighted by Crippen LogP contribution is 2.33. The van der Waals surface area contributed by atoms with Crippen molar-refractivity contribution in [2.45, 2.75) is 87.0 Å². The van der Waals surface area contributed by atoms with Gasteiger partial charge in [-0.25, -0.2) is 0 Å². The molecule has 0 bridgehead atoms. The Kier molecular flexibility index (Phi) is 6.67. The number of rotatable bonds is 7. The maximum absolute atomic E-state index is 2.42. The SMILES string of the molecule is CCC(CCCC(C)(C)C)CC(C)(C)CC. The van der Waals surface area contributed by atoms with Crippen LogP contribution in [-0.4, -0.2) is 0 Å². The quantitative estimate of drug-likeness (QED) is 0.495. The van der Waals surface area contributed by atoms with Gasteiger partial charge in [-0.05, 0) is 29.6 Å². The molecule has 0 rings (SSSR count). The summed E-state index contributed by atoms with van der Waals surface area (Å²) in [5.74, 6) is 0.942. The second-order valence-electron chi connectivity index (χ2n) is 7.45. The minimum atomic E-state index is 0.512. The summed E-state index contributed by atoms with van der Waals surface area (Å²) in [6, 6.07) is 0. The molecular formula is C16H34. The zero-order valence-corrected chi connectivity index (χ0v) is 12.8. The summed E-state index contributed by atoms with van der Waals surface area (Å²) in [5.41, 5.74) is 1.06. The van der Waals surface area contributed by atoms with Crippen molar-refractivity contribution < 1.29 is 0 Å². The highest BCUT2D eigenvalue weighted by molar-refractivity contribution is 4.72. The van der Waals surface area contributed by atoms with Crippen LogP contribution in [0.5, 0.6) is 0 Å². The number of hydrogen-bond donors (Lipinski definition) is 0. The summed E-state index contributed by atoms with van der Waals surface area (Å²) in [6.45, 7) is 16.6. The minimum absolute atomic E-state index is 0.512. The lowest BCUT2D eigenvalue weighted by Crippen LogP contribution is -2.16. The Bertz CT molecular complexity index is 171. The molecule has 0 aromatic carbocycles.